The van der Waals surface area contributed by atoms with E-state index in [0.717, 1.165) is 40.3 Å². The van der Waals surface area contributed by atoms with E-state index in [0.29, 0.717) is 5.92 Å². The van der Waals surface area contributed by atoms with E-state index in [1.54, 1.807) is 6.33 Å². The highest BCUT2D eigenvalue weighted by molar-refractivity contribution is 9.10. The van der Waals surface area contributed by atoms with Gasteiger partial charge in [-0.1, -0.05) is 29.8 Å². The molecule has 0 saturated heterocycles. The second kappa shape index (κ2) is 7.41. The predicted octanol–water partition coefficient (Wildman–Crippen LogP) is 4.75. The van der Waals surface area contributed by atoms with Gasteiger partial charge in [0, 0.05) is 22.8 Å². The fourth-order valence-electron chi connectivity index (χ4n) is 1.92. The molecule has 0 radical (unpaired) electrons. The van der Waals surface area contributed by atoms with Crippen molar-refractivity contribution in [3.05, 3.63) is 40.6 Å². The summed E-state index contributed by atoms with van der Waals surface area (Å²) in [7, 11) is 0. The summed E-state index contributed by atoms with van der Waals surface area (Å²) >= 11 is 3.47. The Kier molecular flexibility index (Phi) is 5.56. The molecule has 1 aromatic carbocycles. The summed E-state index contributed by atoms with van der Waals surface area (Å²) in [6, 6.07) is 8.05. The standard InChI is InChI=1S/C16H21BrN4/c1-11(2)6-7-18-15-9-16(20-10-19-15)21-14-5-4-13(17)8-12(14)3/h4-5,8-11H,6-7H2,1-3H3,(H2,18,19,20,21). The molecular formula is C16H21BrN4. The minimum absolute atomic E-state index is 0.683. The lowest BCUT2D eigenvalue weighted by atomic mass is 10.1. The molecule has 5 heteroatoms. The molecule has 0 aliphatic heterocycles. The Balaban J connectivity index is 2.03. The van der Waals surface area contributed by atoms with Gasteiger partial charge in [-0.25, -0.2) is 9.97 Å². The molecule has 112 valence electrons. The van der Waals surface area contributed by atoms with Crippen molar-refractivity contribution in [3.8, 4) is 0 Å². The molecule has 0 atom stereocenters. The first-order valence-corrected chi connectivity index (χ1v) is 7.93. The highest BCUT2D eigenvalue weighted by Crippen LogP contribution is 2.23. The third-order valence-electron chi connectivity index (χ3n) is 3.15. The van der Waals surface area contributed by atoms with Crippen molar-refractivity contribution < 1.29 is 0 Å². The number of hydrogen-bond acceptors (Lipinski definition) is 4. The molecule has 1 heterocycles. The Morgan fingerprint density at radius 1 is 1.14 bits per heavy atom. The Labute approximate surface area is 134 Å². The largest absolute Gasteiger partial charge is 0.370 e. The maximum Gasteiger partial charge on any atom is 0.135 e. The maximum absolute atomic E-state index is 4.27. The van der Waals surface area contributed by atoms with E-state index in [-0.39, 0.29) is 0 Å². The summed E-state index contributed by atoms with van der Waals surface area (Å²) in [6.07, 6.45) is 2.70. The van der Waals surface area contributed by atoms with Crippen LogP contribution in [-0.2, 0) is 0 Å². The molecule has 0 amide bonds. The highest BCUT2D eigenvalue weighted by atomic mass is 79.9. The quantitative estimate of drug-likeness (QED) is 0.790. The topological polar surface area (TPSA) is 49.8 Å². The van der Waals surface area contributed by atoms with Gasteiger partial charge in [-0.05, 0) is 43.0 Å². The number of nitrogens with one attached hydrogen (secondary N) is 2. The van der Waals surface area contributed by atoms with Gasteiger partial charge in [0.25, 0.3) is 0 Å². The second-order valence-electron chi connectivity index (χ2n) is 5.48. The number of rotatable bonds is 6. The van der Waals surface area contributed by atoms with Crippen molar-refractivity contribution in [3.63, 3.8) is 0 Å². The summed E-state index contributed by atoms with van der Waals surface area (Å²) in [5.74, 6) is 2.33. The molecule has 4 nitrogen and oxygen atoms in total. The van der Waals surface area contributed by atoms with Crippen LogP contribution < -0.4 is 10.6 Å². The molecule has 2 N–H and O–H groups in total. The third-order valence-corrected chi connectivity index (χ3v) is 3.64. The third kappa shape index (κ3) is 5.01. The summed E-state index contributed by atoms with van der Waals surface area (Å²) in [4.78, 5) is 8.51. The molecule has 2 rings (SSSR count). The minimum Gasteiger partial charge on any atom is -0.370 e. The lowest BCUT2D eigenvalue weighted by Crippen LogP contribution is -2.07. The zero-order chi connectivity index (χ0) is 15.2. The molecule has 0 aliphatic carbocycles. The van der Waals surface area contributed by atoms with E-state index >= 15 is 0 Å². The molecule has 0 unspecified atom stereocenters. The van der Waals surface area contributed by atoms with Crippen LogP contribution in [0.5, 0.6) is 0 Å². The summed E-state index contributed by atoms with van der Waals surface area (Å²) in [6.45, 7) is 7.41. The van der Waals surface area contributed by atoms with Crippen LogP contribution in [0, 0.1) is 12.8 Å². The molecule has 2 aromatic rings. The highest BCUT2D eigenvalue weighted by Gasteiger charge is 2.03. The molecule has 1 aromatic heterocycles. The van der Waals surface area contributed by atoms with Crippen LogP contribution >= 0.6 is 15.9 Å². The smallest absolute Gasteiger partial charge is 0.135 e. The minimum atomic E-state index is 0.683. The summed E-state index contributed by atoms with van der Waals surface area (Å²) in [5.41, 5.74) is 2.21. The van der Waals surface area contributed by atoms with Gasteiger partial charge < -0.3 is 10.6 Å². The fraction of sp³-hybridized carbons (Fsp3) is 0.375. The fourth-order valence-corrected chi connectivity index (χ4v) is 2.39. The van der Waals surface area contributed by atoms with E-state index in [1.165, 1.54) is 0 Å². The van der Waals surface area contributed by atoms with Gasteiger partial charge in [0.05, 0.1) is 0 Å². The molecule has 21 heavy (non-hydrogen) atoms. The van der Waals surface area contributed by atoms with Crippen LogP contribution in [0.15, 0.2) is 35.1 Å². The van der Waals surface area contributed by atoms with Crippen LogP contribution in [0.1, 0.15) is 25.8 Å². The first-order chi connectivity index (χ1) is 10.0. The zero-order valence-electron chi connectivity index (χ0n) is 12.7. The Bertz CT molecular complexity index is 599. The number of benzene rings is 1. The summed E-state index contributed by atoms with van der Waals surface area (Å²) < 4.78 is 1.07. The molecule has 0 spiro atoms. The van der Waals surface area contributed by atoms with Crippen molar-refractivity contribution in [1.82, 2.24) is 9.97 Å². The number of aromatic nitrogens is 2. The molecule has 0 fully saturated rings. The van der Waals surface area contributed by atoms with E-state index in [4.69, 9.17) is 0 Å². The van der Waals surface area contributed by atoms with Gasteiger partial charge >= 0.3 is 0 Å². The van der Waals surface area contributed by atoms with Gasteiger partial charge in [-0.15, -0.1) is 0 Å². The maximum atomic E-state index is 4.27. The van der Waals surface area contributed by atoms with Gasteiger partial charge in [0.2, 0.25) is 0 Å². The van der Waals surface area contributed by atoms with Crippen molar-refractivity contribution in [2.24, 2.45) is 5.92 Å². The lowest BCUT2D eigenvalue weighted by molar-refractivity contribution is 0.606. The van der Waals surface area contributed by atoms with E-state index in [1.807, 2.05) is 18.2 Å². The second-order valence-corrected chi connectivity index (χ2v) is 6.40. The van der Waals surface area contributed by atoms with Crippen molar-refractivity contribution >= 4 is 33.3 Å². The SMILES string of the molecule is Cc1cc(Br)ccc1Nc1cc(NCCC(C)C)ncn1. The lowest BCUT2D eigenvalue weighted by Gasteiger charge is -2.11. The normalized spacial score (nSPS) is 10.7. The number of hydrogen-bond donors (Lipinski definition) is 2. The average Bonchev–Trinajstić information content (AvgIpc) is 2.42. The molecule has 0 aliphatic rings. The van der Waals surface area contributed by atoms with Gasteiger partial charge in [0.15, 0.2) is 0 Å². The number of nitrogens with zero attached hydrogens (tertiary/aromatic N) is 2. The van der Waals surface area contributed by atoms with Crippen LogP contribution in [0.2, 0.25) is 0 Å². The molecule has 0 bridgehead atoms. The summed E-state index contributed by atoms with van der Waals surface area (Å²) in [5, 5.41) is 6.65. The number of halogens is 1. The van der Waals surface area contributed by atoms with Gasteiger partial charge in [-0.3, -0.25) is 0 Å². The average molecular weight is 349 g/mol. The van der Waals surface area contributed by atoms with Gasteiger partial charge in [0.1, 0.15) is 18.0 Å². The van der Waals surface area contributed by atoms with Crippen molar-refractivity contribution in [2.45, 2.75) is 27.2 Å². The Hall–Kier alpha value is -1.62. The van der Waals surface area contributed by atoms with Crippen LogP contribution in [0.3, 0.4) is 0 Å². The van der Waals surface area contributed by atoms with Crippen molar-refractivity contribution in [2.75, 3.05) is 17.2 Å². The first kappa shape index (κ1) is 15.8. The van der Waals surface area contributed by atoms with E-state index < -0.39 is 0 Å². The Morgan fingerprint density at radius 3 is 2.62 bits per heavy atom. The number of aryl methyl sites for hydroxylation is 1. The Morgan fingerprint density at radius 2 is 1.90 bits per heavy atom. The molecule has 0 saturated carbocycles. The first-order valence-electron chi connectivity index (χ1n) is 7.13. The molecular weight excluding hydrogens is 328 g/mol. The zero-order valence-corrected chi connectivity index (χ0v) is 14.2. The van der Waals surface area contributed by atoms with Gasteiger partial charge in [-0.2, -0.15) is 0 Å². The van der Waals surface area contributed by atoms with Crippen LogP contribution in [0.4, 0.5) is 17.3 Å². The number of anilines is 3. The van der Waals surface area contributed by atoms with Crippen LogP contribution in [0.25, 0.3) is 0 Å². The van der Waals surface area contributed by atoms with E-state index in [9.17, 15) is 0 Å². The van der Waals surface area contributed by atoms with Crippen LogP contribution in [-0.4, -0.2) is 16.5 Å². The monoisotopic (exact) mass is 348 g/mol. The predicted molar refractivity (Wildman–Crippen MR) is 92.1 cm³/mol. The van der Waals surface area contributed by atoms with E-state index in [2.05, 4.69) is 63.4 Å². The van der Waals surface area contributed by atoms with Crippen molar-refractivity contribution in [1.29, 1.82) is 0 Å².